The van der Waals surface area contributed by atoms with Gasteiger partial charge in [0, 0.05) is 30.3 Å². The number of nitrogens with zero attached hydrogens (tertiary/aromatic N) is 2. The summed E-state index contributed by atoms with van der Waals surface area (Å²) in [5, 5.41) is 2.68. The Morgan fingerprint density at radius 3 is 2.46 bits per heavy atom. The molecule has 26 heavy (non-hydrogen) atoms. The van der Waals surface area contributed by atoms with Crippen LogP contribution in [0.15, 0.2) is 55.0 Å². The Labute approximate surface area is 151 Å². The smallest absolute Gasteiger partial charge is 0.412 e. The van der Waals surface area contributed by atoms with E-state index in [9.17, 15) is 4.79 Å². The summed E-state index contributed by atoms with van der Waals surface area (Å²) in [5.41, 5.74) is 0.772. The maximum absolute atomic E-state index is 11.8. The third-order valence-corrected chi connectivity index (χ3v) is 3.21. The number of pyridine rings is 1. The topological polar surface area (TPSA) is 89.1 Å². The van der Waals surface area contributed by atoms with Gasteiger partial charge in [-0.1, -0.05) is 0 Å². The normalized spacial score (nSPS) is 11.0. The van der Waals surface area contributed by atoms with Crippen molar-refractivity contribution in [3.05, 3.63) is 55.0 Å². The van der Waals surface area contributed by atoms with Crippen molar-refractivity contribution in [1.82, 2.24) is 15.0 Å². The summed E-state index contributed by atoms with van der Waals surface area (Å²) in [7, 11) is 0. The van der Waals surface area contributed by atoms with E-state index in [2.05, 4.69) is 20.3 Å². The molecule has 0 fully saturated rings. The molecule has 2 heterocycles. The molecule has 2 N–H and O–H groups in total. The first-order valence-electron chi connectivity index (χ1n) is 8.13. The number of aromatic amines is 1. The first kappa shape index (κ1) is 17.5. The molecule has 0 unspecified atom stereocenters. The highest BCUT2D eigenvalue weighted by Crippen LogP contribution is 2.25. The first-order valence-corrected chi connectivity index (χ1v) is 8.13. The quantitative estimate of drug-likeness (QED) is 0.715. The van der Waals surface area contributed by atoms with Crippen molar-refractivity contribution >= 4 is 11.8 Å². The van der Waals surface area contributed by atoms with Gasteiger partial charge in [-0.05, 0) is 51.1 Å². The van der Waals surface area contributed by atoms with Gasteiger partial charge < -0.3 is 14.5 Å². The Morgan fingerprint density at radius 2 is 1.81 bits per heavy atom. The largest absolute Gasteiger partial charge is 0.457 e. The number of benzene rings is 1. The highest BCUT2D eigenvalue weighted by molar-refractivity contribution is 5.84. The molecule has 7 nitrogen and oxygen atoms in total. The Hall–Kier alpha value is -3.35. The molecule has 0 aliphatic heterocycles. The number of anilines is 1. The molecule has 1 amide bonds. The number of nitrogens with one attached hydrogen (secondary N) is 2. The SMILES string of the molecule is CC(C)(C)OC(=O)Nc1ccc(Oc2ccnc(-c3ncc[nH]3)c2)cc1. The van der Waals surface area contributed by atoms with Gasteiger partial charge in [-0.15, -0.1) is 0 Å². The molecule has 0 saturated carbocycles. The molecule has 134 valence electrons. The van der Waals surface area contributed by atoms with Crippen LogP contribution in [0.1, 0.15) is 20.8 Å². The van der Waals surface area contributed by atoms with Crippen molar-refractivity contribution in [2.75, 3.05) is 5.32 Å². The van der Waals surface area contributed by atoms with Gasteiger partial charge in [0.05, 0.1) is 0 Å². The van der Waals surface area contributed by atoms with E-state index in [4.69, 9.17) is 9.47 Å². The van der Waals surface area contributed by atoms with Crippen LogP contribution >= 0.6 is 0 Å². The van der Waals surface area contributed by atoms with Gasteiger partial charge in [0.15, 0.2) is 5.82 Å². The van der Waals surface area contributed by atoms with Gasteiger partial charge in [0.25, 0.3) is 0 Å². The van der Waals surface area contributed by atoms with Crippen molar-refractivity contribution < 1.29 is 14.3 Å². The zero-order valence-corrected chi connectivity index (χ0v) is 14.8. The van der Waals surface area contributed by atoms with Gasteiger partial charge in [-0.25, -0.2) is 9.78 Å². The minimum absolute atomic E-state index is 0.497. The van der Waals surface area contributed by atoms with E-state index >= 15 is 0 Å². The van der Waals surface area contributed by atoms with E-state index in [-0.39, 0.29) is 0 Å². The predicted molar refractivity (Wildman–Crippen MR) is 98.2 cm³/mol. The second kappa shape index (κ2) is 7.26. The maximum atomic E-state index is 11.8. The van der Waals surface area contributed by atoms with Crippen LogP contribution < -0.4 is 10.1 Å². The Bertz CT molecular complexity index is 869. The second-order valence-electron chi connectivity index (χ2n) is 6.57. The number of carbonyl (C=O) groups is 1. The van der Waals surface area contributed by atoms with Crippen LogP contribution in [0, 0.1) is 0 Å². The zero-order chi connectivity index (χ0) is 18.6. The lowest BCUT2D eigenvalue weighted by atomic mass is 10.2. The van der Waals surface area contributed by atoms with Crippen molar-refractivity contribution in [2.45, 2.75) is 26.4 Å². The maximum Gasteiger partial charge on any atom is 0.412 e. The van der Waals surface area contributed by atoms with Gasteiger partial charge in [-0.3, -0.25) is 10.3 Å². The molecule has 0 spiro atoms. The molecule has 0 aliphatic rings. The lowest BCUT2D eigenvalue weighted by Crippen LogP contribution is -2.27. The molecule has 1 aromatic carbocycles. The molecular weight excluding hydrogens is 332 g/mol. The summed E-state index contributed by atoms with van der Waals surface area (Å²) in [6, 6.07) is 10.6. The van der Waals surface area contributed by atoms with E-state index in [1.165, 1.54) is 0 Å². The second-order valence-corrected chi connectivity index (χ2v) is 6.57. The number of imidazole rings is 1. The van der Waals surface area contributed by atoms with Crippen LogP contribution in [0.5, 0.6) is 11.5 Å². The predicted octanol–water partition coefficient (Wildman–Crippen LogP) is 4.61. The van der Waals surface area contributed by atoms with Crippen LogP contribution in [0.2, 0.25) is 0 Å². The standard InChI is InChI=1S/C19H20N4O3/c1-19(2,3)26-18(24)23-13-4-6-14(7-5-13)25-15-8-9-20-16(12-15)17-21-10-11-22-17/h4-12H,1-3H3,(H,21,22)(H,23,24). The molecule has 0 aliphatic carbocycles. The molecule has 0 bridgehead atoms. The van der Waals surface area contributed by atoms with Crippen LogP contribution in [-0.2, 0) is 4.74 Å². The molecular formula is C19H20N4O3. The van der Waals surface area contributed by atoms with E-state index in [0.29, 0.717) is 28.7 Å². The van der Waals surface area contributed by atoms with Crippen molar-refractivity contribution in [3.63, 3.8) is 0 Å². The molecule has 0 saturated heterocycles. The third-order valence-electron chi connectivity index (χ3n) is 3.21. The summed E-state index contributed by atoms with van der Waals surface area (Å²) >= 11 is 0. The number of ether oxygens (including phenoxy) is 2. The number of hydrogen-bond acceptors (Lipinski definition) is 5. The Morgan fingerprint density at radius 1 is 1.04 bits per heavy atom. The Balaban J connectivity index is 1.65. The van der Waals surface area contributed by atoms with Gasteiger partial charge >= 0.3 is 6.09 Å². The minimum Gasteiger partial charge on any atom is -0.457 e. The van der Waals surface area contributed by atoms with E-state index < -0.39 is 11.7 Å². The van der Waals surface area contributed by atoms with E-state index in [1.54, 1.807) is 55.0 Å². The van der Waals surface area contributed by atoms with Crippen LogP contribution in [0.4, 0.5) is 10.5 Å². The fraction of sp³-hybridized carbons (Fsp3) is 0.211. The highest BCUT2D eigenvalue weighted by atomic mass is 16.6. The summed E-state index contributed by atoms with van der Waals surface area (Å²) in [6.45, 7) is 5.44. The summed E-state index contributed by atoms with van der Waals surface area (Å²) in [6.07, 6.45) is 4.57. The number of aromatic nitrogens is 3. The number of rotatable bonds is 4. The number of amides is 1. The summed E-state index contributed by atoms with van der Waals surface area (Å²) < 4.78 is 11.1. The minimum atomic E-state index is -0.541. The highest BCUT2D eigenvalue weighted by Gasteiger charge is 2.16. The Kier molecular flexibility index (Phi) is 4.88. The summed E-state index contributed by atoms with van der Waals surface area (Å²) in [5.74, 6) is 1.95. The summed E-state index contributed by atoms with van der Waals surface area (Å²) in [4.78, 5) is 23.2. The lowest BCUT2D eigenvalue weighted by Gasteiger charge is -2.19. The van der Waals surface area contributed by atoms with Crippen LogP contribution in [0.3, 0.4) is 0 Å². The van der Waals surface area contributed by atoms with Crippen molar-refractivity contribution in [2.24, 2.45) is 0 Å². The fourth-order valence-electron chi connectivity index (χ4n) is 2.17. The van der Waals surface area contributed by atoms with E-state index in [0.717, 1.165) is 0 Å². The molecule has 0 atom stereocenters. The van der Waals surface area contributed by atoms with Gasteiger partial charge in [0.1, 0.15) is 22.8 Å². The first-order chi connectivity index (χ1) is 12.4. The van der Waals surface area contributed by atoms with Crippen molar-refractivity contribution in [3.8, 4) is 23.0 Å². The van der Waals surface area contributed by atoms with Gasteiger partial charge in [-0.2, -0.15) is 0 Å². The lowest BCUT2D eigenvalue weighted by molar-refractivity contribution is 0.0636. The molecule has 7 heteroatoms. The monoisotopic (exact) mass is 352 g/mol. The van der Waals surface area contributed by atoms with Gasteiger partial charge in [0.2, 0.25) is 0 Å². The molecule has 3 aromatic rings. The zero-order valence-electron chi connectivity index (χ0n) is 14.8. The average Bonchev–Trinajstić information content (AvgIpc) is 3.10. The fourth-order valence-corrected chi connectivity index (χ4v) is 2.17. The van der Waals surface area contributed by atoms with E-state index in [1.807, 2.05) is 20.8 Å². The van der Waals surface area contributed by atoms with Crippen LogP contribution in [0.25, 0.3) is 11.5 Å². The number of H-pyrrole nitrogens is 1. The van der Waals surface area contributed by atoms with Crippen molar-refractivity contribution in [1.29, 1.82) is 0 Å². The molecule has 0 radical (unpaired) electrons. The number of carbonyl (C=O) groups excluding carboxylic acids is 1. The molecule has 3 rings (SSSR count). The average molecular weight is 352 g/mol. The molecule has 2 aromatic heterocycles. The third kappa shape index (κ3) is 4.83. The number of hydrogen-bond donors (Lipinski definition) is 2. The van der Waals surface area contributed by atoms with Crippen LogP contribution in [-0.4, -0.2) is 26.6 Å².